The Morgan fingerprint density at radius 3 is 2.66 bits per heavy atom. The SMILES string of the molecule is Cn1ccc(-c2cn([C@@H]3O[C@H](C(=O)N[C@H](CO)c4ccccc4)[C@@H](O)[C@H]3O)c3ncnc(N)c23)n1. The minimum Gasteiger partial charge on any atom is -0.394 e. The van der Waals surface area contributed by atoms with Crippen molar-refractivity contribution in [2.24, 2.45) is 7.05 Å². The lowest BCUT2D eigenvalue weighted by Crippen LogP contribution is -2.44. The maximum Gasteiger partial charge on any atom is 0.252 e. The Kier molecular flexibility index (Phi) is 5.94. The summed E-state index contributed by atoms with van der Waals surface area (Å²) in [6.45, 7) is -0.351. The first-order valence-corrected chi connectivity index (χ1v) is 11.0. The lowest BCUT2D eigenvalue weighted by atomic mass is 10.1. The predicted octanol–water partition coefficient (Wildman–Crippen LogP) is -0.117. The molecule has 0 unspecified atom stereocenters. The highest BCUT2D eigenvalue weighted by molar-refractivity contribution is 5.99. The van der Waals surface area contributed by atoms with E-state index in [1.165, 1.54) is 10.9 Å². The van der Waals surface area contributed by atoms with Crippen LogP contribution in [0.3, 0.4) is 0 Å². The van der Waals surface area contributed by atoms with Crippen molar-refractivity contribution < 1.29 is 24.9 Å². The standard InChI is InChI=1S/C23H25N7O5/c1-29-8-7-14(28-29)13-9-30(21-16(13)20(24)25-11-26-21)23-18(33)17(32)19(35-23)22(34)27-15(10-31)12-5-3-2-4-6-12/h2-9,11,15,17-19,23,31-33H,10H2,1H3,(H,27,34)(H2,24,25,26)/t15-,17+,18-,19+,23-/m1/s1. The van der Waals surface area contributed by atoms with Crippen molar-refractivity contribution in [2.45, 2.75) is 30.6 Å². The van der Waals surface area contributed by atoms with E-state index in [1.54, 1.807) is 54.5 Å². The Balaban J connectivity index is 1.46. The zero-order chi connectivity index (χ0) is 24.7. The Bertz CT molecular complexity index is 1360. The number of aliphatic hydroxyl groups excluding tert-OH is 3. The van der Waals surface area contributed by atoms with Crippen molar-refractivity contribution in [3.63, 3.8) is 0 Å². The first-order valence-electron chi connectivity index (χ1n) is 11.0. The van der Waals surface area contributed by atoms with Gasteiger partial charge in [-0.3, -0.25) is 9.48 Å². The fraction of sp³-hybridized carbons (Fsp3) is 0.304. The molecule has 0 spiro atoms. The highest BCUT2D eigenvalue weighted by Gasteiger charge is 2.48. The van der Waals surface area contributed by atoms with Gasteiger partial charge in [0.25, 0.3) is 5.91 Å². The number of aliphatic hydroxyl groups is 3. The molecule has 4 aromatic rings. The fourth-order valence-corrected chi connectivity index (χ4v) is 4.33. The molecule has 0 bridgehead atoms. The van der Waals surface area contributed by atoms with E-state index in [9.17, 15) is 20.1 Å². The number of nitrogen functional groups attached to an aromatic ring is 1. The van der Waals surface area contributed by atoms with Gasteiger partial charge in [0.1, 0.15) is 30.0 Å². The number of anilines is 1. The molecule has 35 heavy (non-hydrogen) atoms. The van der Waals surface area contributed by atoms with Crippen molar-refractivity contribution in [3.8, 4) is 11.3 Å². The molecule has 5 rings (SSSR count). The summed E-state index contributed by atoms with van der Waals surface area (Å²) < 4.78 is 9.01. The first kappa shape index (κ1) is 22.9. The summed E-state index contributed by atoms with van der Waals surface area (Å²) in [5.74, 6) is -0.456. The van der Waals surface area contributed by atoms with Crippen LogP contribution in [0, 0.1) is 0 Å². The van der Waals surface area contributed by atoms with Crippen molar-refractivity contribution >= 4 is 22.8 Å². The summed E-state index contributed by atoms with van der Waals surface area (Å²) in [7, 11) is 1.78. The van der Waals surface area contributed by atoms with E-state index in [-0.39, 0.29) is 12.4 Å². The Labute approximate surface area is 199 Å². The lowest BCUT2D eigenvalue weighted by Gasteiger charge is -2.20. The van der Waals surface area contributed by atoms with Crippen LogP contribution in [0.15, 0.2) is 55.1 Å². The van der Waals surface area contributed by atoms with Crippen molar-refractivity contribution in [2.75, 3.05) is 12.3 Å². The van der Waals surface area contributed by atoms with Gasteiger partial charge < -0.3 is 35.7 Å². The highest BCUT2D eigenvalue weighted by Crippen LogP contribution is 2.38. The largest absolute Gasteiger partial charge is 0.394 e. The lowest BCUT2D eigenvalue weighted by molar-refractivity contribution is -0.138. The van der Waals surface area contributed by atoms with E-state index in [2.05, 4.69) is 20.4 Å². The van der Waals surface area contributed by atoms with Gasteiger partial charge >= 0.3 is 0 Å². The van der Waals surface area contributed by atoms with Gasteiger partial charge in [0.05, 0.1) is 23.7 Å². The molecule has 12 nitrogen and oxygen atoms in total. The number of aryl methyl sites for hydroxylation is 1. The molecule has 0 radical (unpaired) electrons. The number of amides is 1. The molecule has 3 aromatic heterocycles. The molecule has 1 aliphatic rings. The molecule has 1 aliphatic heterocycles. The number of ether oxygens (including phenoxy) is 1. The summed E-state index contributed by atoms with van der Waals surface area (Å²) >= 11 is 0. The maximum absolute atomic E-state index is 13.0. The maximum atomic E-state index is 13.0. The molecular weight excluding hydrogens is 454 g/mol. The van der Waals surface area contributed by atoms with Crippen LogP contribution in [0.5, 0.6) is 0 Å². The minimum absolute atomic E-state index is 0.213. The number of hydrogen-bond acceptors (Lipinski definition) is 9. The van der Waals surface area contributed by atoms with E-state index in [4.69, 9.17) is 10.5 Å². The number of benzene rings is 1. The van der Waals surface area contributed by atoms with Gasteiger partial charge in [-0.15, -0.1) is 0 Å². The van der Waals surface area contributed by atoms with Gasteiger partial charge in [0, 0.05) is 25.0 Å². The number of carbonyl (C=O) groups excluding carboxylic acids is 1. The average molecular weight is 479 g/mol. The van der Waals surface area contributed by atoms with Crippen LogP contribution in [0.2, 0.25) is 0 Å². The van der Waals surface area contributed by atoms with Crippen LogP contribution in [-0.2, 0) is 16.6 Å². The molecule has 1 aromatic carbocycles. The number of aromatic nitrogens is 5. The zero-order valence-corrected chi connectivity index (χ0v) is 18.8. The smallest absolute Gasteiger partial charge is 0.252 e. The predicted molar refractivity (Wildman–Crippen MR) is 124 cm³/mol. The third-order valence-corrected chi connectivity index (χ3v) is 6.10. The number of hydrogen-bond donors (Lipinski definition) is 5. The Morgan fingerprint density at radius 2 is 1.97 bits per heavy atom. The second kappa shape index (κ2) is 9.07. The molecule has 6 N–H and O–H groups in total. The second-order valence-electron chi connectivity index (χ2n) is 8.37. The van der Waals surface area contributed by atoms with Crippen LogP contribution in [0.25, 0.3) is 22.3 Å². The summed E-state index contributed by atoms with van der Waals surface area (Å²) in [6.07, 6.45) is -0.789. The summed E-state index contributed by atoms with van der Waals surface area (Å²) in [5, 5.41) is 38.9. The topological polar surface area (TPSA) is 174 Å². The molecule has 12 heteroatoms. The van der Waals surface area contributed by atoms with E-state index >= 15 is 0 Å². The third-order valence-electron chi connectivity index (χ3n) is 6.10. The number of carbonyl (C=O) groups is 1. The van der Waals surface area contributed by atoms with Crippen LogP contribution >= 0.6 is 0 Å². The van der Waals surface area contributed by atoms with E-state index < -0.39 is 36.5 Å². The molecule has 5 atom stereocenters. The van der Waals surface area contributed by atoms with Crippen LogP contribution in [-0.4, -0.2) is 70.5 Å². The number of nitrogens with zero attached hydrogens (tertiary/aromatic N) is 5. The van der Waals surface area contributed by atoms with Gasteiger partial charge in [-0.25, -0.2) is 9.97 Å². The number of nitrogens with one attached hydrogen (secondary N) is 1. The normalized spacial score (nSPS) is 23.0. The molecule has 0 aliphatic carbocycles. The highest BCUT2D eigenvalue weighted by atomic mass is 16.6. The van der Waals surface area contributed by atoms with Gasteiger partial charge in [-0.2, -0.15) is 5.10 Å². The van der Waals surface area contributed by atoms with Crippen LogP contribution in [0.1, 0.15) is 17.8 Å². The molecule has 1 amide bonds. The molecule has 4 heterocycles. The van der Waals surface area contributed by atoms with Crippen molar-refractivity contribution in [3.05, 3.63) is 60.7 Å². The second-order valence-corrected chi connectivity index (χ2v) is 8.37. The molecule has 1 saturated heterocycles. The molecular formula is C23H25N7O5. The van der Waals surface area contributed by atoms with Crippen molar-refractivity contribution in [1.82, 2.24) is 29.6 Å². The third kappa shape index (κ3) is 4.02. The van der Waals surface area contributed by atoms with Gasteiger partial charge in [-0.05, 0) is 11.6 Å². The molecule has 1 fully saturated rings. The average Bonchev–Trinajstić information content (AvgIpc) is 3.54. The number of fused-ring (bicyclic) bond motifs is 1. The first-order chi connectivity index (χ1) is 16.9. The summed E-state index contributed by atoms with van der Waals surface area (Å²) in [4.78, 5) is 21.3. The van der Waals surface area contributed by atoms with E-state index in [0.29, 0.717) is 27.9 Å². The minimum atomic E-state index is -1.52. The quantitative estimate of drug-likeness (QED) is 0.253. The summed E-state index contributed by atoms with van der Waals surface area (Å²) in [5.41, 5.74) is 8.40. The fourth-order valence-electron chi connectivity index (χ4n) is 4.33. The van der Waals surface area contributed by atoms with Gasteiger partial charge in [0.15, 0.2) is 12.3 Å². The van der Waals surface area contributed by atoms with E-state index in [1.807, 2.05) is 6.07 Å². The monoisotopic (exact) mass is 479 g/mol. The number of nitrogens with two attached hydrogens (primary N) is 1. The van der Waals surface area contributed by atoms with Crippen LogP contribution in [0.4, 0.5) is 5.82 Å². The van der Waals surface area contributed by atoms with E-state index in [0.717, 1.165) is 0 Å². The Morgan fingerprint density at radius 1 is 1.20 bits per heavy atom. The van der Waals surface area contributed by atoms with Crippen LogP contribution < -0.4 is 11.1 Å². The Hall–Kier alpha value is -3.84. The number of rotatable bonds is 6. The molecule has 0 saturated carbocycles. The molecule has 182 valence electrons. The van der Waals surface area contributed by atoms with Gasteiger partial charge in [0.2, 0.25) is 0 Å². The van der Waals surface area contributed by atoms with Crippen molar-refractivity contribution in [1.29, 1.82) is 0 Å². The van der Waals surface area contributed by atoms with Gasteiger partial charge in [-0.1, -0.05) is 30.3 Å². The summed E-state index contributed by atoms with van der Waals surface area (Å²) in [6, 6.07) is 10.0. The zero-order valence-electron chi connectivity index (χ0n) is 18.8.